The van der Waals surface area contributed by atoms with E-state index in [0.29, 0.717) is 11.1 Å². The van der Waals surface area contributed by atoms with Crippen LogP contribution < -0.4 is 17.2 Å². The number of primary amides is 1. The maximum absolute atomic E-state index is 14.6. The van der Waals surface area contributed by atoms with Crippen molar-refractivity contribution >= 4 is 34.7 Å². The van der Waals surface area contributed by atoms with Gasteiger partial charge in [0.1, 0.15) is 11.7 Å². The molecule has 3 aliphatic carbocycles. The number of fused-ring (bicyclic) bond motifs is 3. The van der Waals surface area contributed by atoms with Gasteiger partial charge >= 0.3 is 0 Å². The van der Waals surface area contributed by atoms with Crippen LogP contribution in [0, 0.1) is 38.7 Å². The van der Waals surface area contributed by atoms with Crippen molar-refractivity contribution in [2.75, 3.05) is 14.1 Å². The van der Waals surface area contributed by atoms with Gasteiger partial charge in [0.15, 0.2) is 34.5 Å². The van der Waals surface area contributed by atoms with Gasteiger partial charge in [0.05, 0.1) is 28.1 Å². The highest BCUT2D eigenvalue weighted by Gasteiger charge is 2.78. The van der Waals surface area contributed by atoms with E-state index in [9.17, 15) is 44.5 Å². The van der Waals surface area contributed by atoms with E-state index in [0.717, 1.165) is 0 Å². The summed E-state index contributed by atoms with van der Waals surface area (Å²) >= 11 is 0. The predicted molar refractivity (Wildman–Crippen MR) is 162 cm³/mol. The fourth-order valence-electron chi connectivity index (χ4n) is 7.89. The Balaban J connectivity index is 1.84. The minimum Gasteiger partial charge on any atom is -0.507 e. The number of nitro groups is 1. The van der Waals surface area contributed by atoms with Gasteiger partial charge in [0.2, 0.25) is 5.91 Å². The summed E-state index contributed by atoms with van der Waals surface area (Å²) in [6.45, 7) is 5.32. The lowest BCUT2D eigenvalue weighted by molar-refractivity contribution is -0.384. The van der Waals surface area contributed by atoms with Crippen LogP contribution in [0.3, 0.4) is 0 Å². The van der Waals surface area contributed by atoms with Crippen LogP contribution in [0.2, 0.25) is 0 Å². The number of hydrogen-bond acceptors (Lipinski definition) is 12. The number of carbonyl (C=O) groups is 5. The average molecular weight is 631 g/mol. The van der Waals surface area contributed by atoms with Gasteiger partial charge in [0.25, 0.3) is 5.69 Å². The van der Waals surface area contributed by atoms with Gasteiger partial charge < -0.3 is 22.3 Å². The second kappa shape index (κ2) is 10.1. The van der Waals surface area contributed by atoms with E-state index in [2.05, 4.69) is 0 Å². The van der Waals surface area contributed by atoms with E-state index in [1.54, 1.807) is 39.0 Å². The van der Waals surface area contributed by atoms with Crippen molar-refractivity contribution in [2.24, 2.45) is 34.5 Å². The van der Waals surface area contributed by atoms with Crippen LogP contribution in [0.4, 0.5) is 5.69 Å². The van der Waals surface area contributed by atoms with Crippen molar-refractivity contribution in [3.05, 3.63) is 57.1 Å². The third kappa shape index (κ3) is 4.08. The fourth-order valence-corrected chi connectivity index (χ4v) is 7.89. The molecule has 0 saturated heterocycles. The second-order valence-corrected chi connectivity index (χ2v) is 13.8. The van der Waals surface area contributed by atoms with Gasteiger partial charge in [-0.1, -0.05) is 32.9 Å². The Morgan fingerprint density at radius 3 is 2.28 bits per heavy atom. The van der Waals surface area contributed by atoms with E-state index < -0.39 is 85.9 Å². The minimum atomic E-state index is -2.86. The number of rotatable bonds is 4. The van der Waals surface area contributed by atoms with Crippen molar-refractivity contribution in [2.45, 2.75) is 56.1 Å². The number of carbonyl (C=O) groups excluding carboxylic acids is 5. The summed E-state index contributed by atoms with van der Waals surface area (Å²) in [7, 11) is 2.83. The number of nitro benzene ring substituents is 1. The Morgan fingerprint density at radius 1 is 1.13 bits per heavy atom. The SMILES string of the molecule is CN(C)[C@@H]1C(=O)C(C(N)=O)C(=O)[C@@]2(C#N)C(=O)C3C(=O)c4c(O)c(C(C)(C)C)cc(-c5cccc([N+](=O)[O-])c5)c4C[C@@]3(N)C[C@@]12N. The van der Waals surface area contributed by atoms with Crippen molar-refractivity contribution in [3.63, 3.8) is 0 Å². The quantitative estimate of drug-likeness (QED) is 0.207. The number of phenols is 1. The average Bonchev–Trinajstić information content (AvgIpc) is 2.91. The number of non-ortho nitro benzene ring substituents is 1. The second-order valence-electron chi connectivity index (χ2n) is 13.8. The zero-order valence-electron chi connectivity index (χ0n) is 25.9. The zero-order chi connectivity index (χ0) is 34.5. The summed E-state index contributed by atoms with van der Waals surface area (Å²) < 4.78 is 0. The van der Waals surface area contributed by atoms with Crippen LogP contribution in [0.15, 0.2) is 30.3 Å². The first-order valence-electron chi connectivity index (χ1n) is 14.4. The molecule has 5 rings (SSSR count). The molecule has 2 fully saturated rings. The Hall–Kier alpha value is -4.84. The molecule has 46 heavy (non-hydrogen) atoms. The van der Waals surface area contributed by atoms with E-state index >= 15 is 0 Å². The number of benzene rings is 2. The lowest BCUT2D eigenvalue weighted by atomic mass is 9.42. The van der Waals surface area contributed by atoms with Crippen molar-refractivity contribution in [1.82, 2.24) is 4.90 Å². The first-order valence-corrected chi connectivity index (χ1v) is 14.4. The molecule has 14 heteroatoms. The zero-order valence-corrected chi connectivity index (χ0v) is 25.9. The van der Waals surface area contributed by atoms with Crippen LogP contribution in [-0.4, -0.2) is 75.2 Å². The van der Waals surface area contributed by atoms with Crippen LogP contribution >= 0.6 is 0 Å². The first-order chi connectivity index (χ1) is 21.2. The van der Waals surface area contributed by atoms with Gasteiger partial charge in [-0.3, -0.25) is 39.0 Å². The summed E-state index contributed by atoms with van der Waals surface area (Å²) in [4.78, 5) is 81.5. The molecule has 0 aromatic heterocycles. The predicted octanol–water partition coefficient (Wildman–Crippen LogP) is 0.681. The third-order valence-corrected chi connectivity index (χ3v) is 9.77. The molecule has 240 valence electrons. The molecule has 7 N–H and O–H groups in total. The largest absolute Gasteiger partial charge is 0.507 e. The molecule has 0 bridgehead atoms. The number of nitriles is 1. The van der Waals surface area contributed by atoms with Crippen LogP contribution in [0.1, 0.15) is 48.7 Å². The summed E-state index contributed by atoms with van der Waals surface area (Å²) in [5, 5.41) is 33.8. The summed E-state index contributed by atoms with van der Waals surface area (Å²) in [5.41, 5.74) is 12.1. The molecular formula is C32H34N6O8. The summed E-state index contributed by atoms with van der Waals surface area (Å²) in [5.74, 6) is -10.6. The Kier molecular flexibility index (Phi) is 7.13. The maximum Gasteiger partial charge on any atom is 0.270 e. The number of nitrogens with two attached hydrogens (primary N) is 3. The molecule has 6 atom stereocenters. The fraction of sp³-hybridized carbons (Fsp3) is 0.438. The molecule has 3 aliphatic rings. The molecule has 2 unspecified atom stereocenters. The van der Waals surface area contributed by atoms with E-state index in [1.165, 1.54) is 37.2 Å². The molecule has 14 nitrogen and oxygen atoms in total. The number of likely N-dealkylation sites (N-methyl/N-ethyl adjacent to an activating group) is 1. The highest BCUT2D eigenvalue weighted by atomic mass is 16.6. The summed E-state index contributed by atoms with van der Waals surface area (Å²) in [6, 6.07) is 7.41. The van der Waals surface area contributed by atoms with Crippen LogP contribution in [0.25, 0.3) is 11.1 Å². The molecule has 2 aromatic carbocycles. The maximum atomic E-state index is 14.6. The standard InChI is InChI=1S/C32H34N6O8/c1-29(2,3)18-10-16(14-7-6-8-15(9-14)38(45)46)17-11-30(35)12-32(36)25(37(4)5)24(41)20(28(34)44)26(42)31(32,13-33)27(43)21(30)23(40)19(17)22(18)39/h6-10,20-21,25,39H,11-12,35-36H2,1-5H3,(H2,34,44)/t20?,21?,25-,30-,31+,32-/m1/s1. The van der Waals surface area contributed by atoms with Gasteiger partial charge in [-0.2, -0.15) is 5.26 Å². The topological polar surface area (TPSA) is 254 Å². The normalized spacial score (nSPS) is 30.7. The van der Waals surface area contributed by atoms with Gasteiger partial charge in [-0.25, -0.2) is 0 Å². The smallest absolute Gasteiger partial charge is 0.270 e. The van der Waals surface area contributed by atoms with Crippen LogP contribution in [0.5, 0.6) is 5.75 Å². The van der Waals surface area contributed by atoms with E-state index in [4.69, 9.17) is 17.2 Å². The molecular weight excluding hydrogens is 596 g/mol. The Bertz CT molecular complexity index is 1840. The Morgan fingerprint density at radius 2 is 1.76 bits per heavy atom. The molecule has 0 aliphatic heterocycles. The first kappa shape index (κ1) is 32.6. The monoisotopic (exact) mass is 630 g/mol. The lowest BCUT2D eigenvalue weighted by Crippen LogP contribution is -2.85. The van der Waals surface area contributed by atoms with Gasteiger partial charge in [0, 0.05) is 23.2 Å². The van der Waals surface area contributed by atoms with E-state index in [1.807, 2.05) is 0 Å². The number of Topliss-reactive ketones (excluding diaryl/α,β-unsaturated/α-hetero) is 4. The highest BCUT2D eigenvalue weighted by Crippen LogP contribution is 2.57. The molecule has 1 amide bonds. The van der Waals surface area contributed by atoms with Crippen molar-refractivity contribution < 1.29 is 34.0 Å². The minimum absolute atomic E-state index is 0.181. The van der Waals surface area contributed by atoms with Crippen molar-refractivity contribution in [1.29, 1.82) is 5.26 Å². The highest BCUT2D eigenvalue weighted by molar-refractivity contribution is 6.33. The molecule has 0 radical (unpaired) electrons. The van der Waals surface area contributed by atoms with Gasteiger partial charge in [-0.05, 0) is 55.1 Å². The number of amides is 1. The summed E-state index contributed by atoms with van der Waals surface area (Å²) in [6.07, 6.45) is -0.875. The third-order valence-electron chi connectivity index (χ3n) is 9.77. The molecule has 2 aromatic rings. The van der Waals surface area contributed by atoms with Crippen LogP contribution in [-0.2, 0) is 31.0 Å². The number of phenolic OH excluding ortho intramolecular Hbond substituents is 1. The number of hydrogen-bond donors (Lipinski definition) is 4. The lowest BCUT2D eigenvalue weighted by Gasteiger charge is -2.60. The molecule has 0 spiro atoms. The molecule has 0 heterocycles. The number of ketones is 4. The Labute approximate surface area is 263 Å². The number of nitrogens with zero attached hydrogens (tertiary/aromatic N) is 3. The molecule has 2 saturated carbocycles. The van der Waals surface area contributed by atoms with Gasteiger partial charge in [-0.15, -0.1) is 0 Å². The van der Waals surface area contributed by atoms with E-state index in [-0.39, 0.29) is 28.8 Å². The number of aromatic hydroxyl groups is 1. The van der Waals surface area contributed by atoms with Crippen molar-refractivity contribution in [3.8, 4) is 22.9 Å².